The van der Waals surface area contributed by atoms with Gasteiger partial charge in [-0.25, -0.2) is 9.59 Å². The van der Waals surface area contributed by atoms with Crippen molar-refractivity contribution >= 4 is 29.6 Å². The lowest BCUT2D eigenvalue weighted by Crippen LogP contribution is -2.45. The van der Waals surface area contributed by atoms with Crippen molar-refractivity contribution in [3.05, 3.63) is 60.2 Å². The summed E-state index contributed by atoms with van der Waals surface area (Å²) in [5.74, 6) is -2.23. The van der Waals surface area contributed by atoms with Gasteiger partial charge in [-0.3, -0.25) is 19.8 Å². The normalized spacial score (nSPS) is 18.2. The molecule has 168 valence electrons. The number of nitrogens with one attached hydrogen (secondary N) is 3. The Morgan fingerprint density at radius 3 is 2.28 bits per heavy atom. The number of nitrogens with zero attached hydrogens (tertiary/aromatic N) is 1. The second kappa shape index (κ2) is 8.57. The number of benzene rings is 2. The standard InChI is InChI=1S/C20H17F3N4O5/c1-19(12-7-9-14(10-8-12)32-20(21,22)23)16(29)27(18(31)26-19)11-15(28)25-17(30)24-13-5-3-2-4-6-13/h2-10H,11H2,1H3,(H,26,31)(H2,24,25,28,30). The van der Waals surface area contributed by atoms with Gasteiger partial charge in [-0.15, -0.1) is 13.2 Å². The second-order valence-corrected chi connectivity index (χ2v) is 6.89. The Kier molecular flexibility index (Phi) is 6.05. The van der Waals surface area contributed by atoms with E-state index in [1.54, 1.807) is 30.3 Å². The summed E-state index contributed by atoms with van der Waals surface area (Å²) in [6, 6.07) is 10.9. The van der Waals surface area contributed by atoms with E-state index in [0.717, 1.165) is 12.1 Å². The van der Waals surface area contributed by atoms with E-state index < -0.39 is 48.1 Å². The van der Waals surface area contributed by atoms with Gasteiger partial charge in [-0.05, 0) is 36.8 Å². The molecule has 1 aliphatic heterocycles. The van der Waals surface area contributed by atoms with Crippen molar-refractivity contribution in [3.63, 3.8) is 0 Å². The average Bonchev–Trinajstić information content (AvgIpc) is 2.92. The predicted molar refractivity (Wildman–Crippen MR) is 104 cm³/mol. The van der Waals surface area contributed by atoms with Crippen LogP contribution in [0.1, 0.15) is 12.5 Å². The number of imide groups is 2. The second-order valence-electron chi connectivity index (χ2n) is 6.89. The van der Waals surface area contributed by atoms with Gasteiger partial charge in [0.25, 0.3) is 5.91 Å². The summed E-state index contributed by atoms with van der Waals surface area (Å²) in [7, 11) is 0. The fourth-order valence-electron chi connectivity index (χ4n) is 3.02. The molecule has 0 aromatic heterocycles. The number of urea groups is 2. The van der Waals surface area contributed by atoms with Crippen LogP contribution >= 0.6 is 0 Å². The Balaban J connectivity index is 1.64. The van der Waals surface area contributed by atoms with Gasteiger partial charge in [-0.1, -0.05) is 30.3 Å². The number of carbonyl (C=O) groups excluding carboxylic acids is 4. The summed E-state index contributed by atoms with van der Waals surface area (Å²) < 4.78 is 40.7. The molecule has 0 spiro atoms. The number of hydrogen-bond donors (Lipinski definition) is 3. The molecule has 1 aliphatic rings. The molecular formula is C20H17F3N4O5. The highest BCUT2D eigenvalue weighted by Gasteiger charge is 2.49. The number of para-hydroxylation sites is 1. The highest BCUT2D eigenvalue weighted by molar-refractivity contribution is 6.10. The summed E-state index contributed by atoms with van der Waals surface area (Å²) in [5, 5.41) is 6.83. The van der Waals surface area contributed by atoms with Crippen LogP contribution in [0.3, 0.4) is 0 Å². The van der Waals surface area contributed by atoms with Crippen LogP contribution < -0.4 is 20.7 Å². The van der Waals surface area contributed by atoms with Crippen molar-refractivity contribution in [2.75, 3.05) is 11.9 Å². The monoisotopic (exact) mass is 450 g/mol. The molecule has 2 aromatic carbocycles. The molecule has 1 fully saturated rings. The number of rotatable bonds is 5. The average molecular weight is 450 g/mol. The SMILES string of the molecule is CC1(c2ccc(OC(F)(F)F)cc2)NC(=O)N(CC(=O)NC(=O)Nc2ccccc2)C1=O. The number of hydrogen-bond acceptors (Lipinski definition) is 5. The molecule has 12 heteroatoms. The van der Waals surface area contributed by atoms with E-state index in [0.29, 0.717) is 10.6 Å². The Bertz CT molecular complexity index is 1040. The molecule has 0 bridgehead atoms. The highest BCUT2D eigenvalue weighted by atomic mass is 19.4. The summed E-state index contributed by atoms with van der Waals surface area (Å²) in [4.78, 5) is 49.7. The zero-order valence-electron chi connectivity index (χ0n) is 16.5. The van der Waals surface area contributed by atoms with Crippen LogP contribution in [0.4, 0.5) is 28.4 Å². The van der Waals surface area contributed by atoms with Crippen LogP contribution in [-0.4, -0.2) is 41.7 Å². The molecule has 6 amide bonds. The lowest BCUT2D eigenvalue weighted by atomic mass is 9.92. The first-order chi connectivity index (χ1) is 15.0. The molecule has 2 aromatic rings. The number of amides is 6. The first-order valence-electron chi connectivity index (χ1n) is 9.14. The molecule has 0 aliphatic carbocycles. The van der Waals surface area contributed by atoms with Crippen molar-refractivity contribution in [3.8, 4) is 5.75 Å². The van der Waals surface area contributed by atoms with E-state index in [2.05, 4.69) is 15.4 Å². The molecule has 1 unspecified atom stereocenters. The summed E-state index contributed by atoms with van der Waals surface area (Å²) in [6.07, 6.45) is -4.88. The quantitative estimate of drug-likeness (QED) is 0.606. The lowest BCUT2D eigenvalue weighted by Gasteiger charge is -2.22. The van der Waals surface area contributed by atoms with Crippen LogP contribution in [0.15, 0.2) is 54.6 Å². The Morgan fingerprint density at radius 2 is 1.69 bits per heavy atom. The molecule has 0 radical (unpaired) electrons. The zero-order valence-corrected chi connectivity index (χ0v) is 16.5. The molecule has 1 heterocycles. The van der Waals surface area contributed by atoms with Gasteiger partial charge in [0.15, 0.2) is 0 Å². The van der Waals surface area contributed by atoms with Crippen molar-refractivity contribution in [1.82, 2.24) is 15.5 Å². The number of ether oxygens (including phenoxy) is 1. The van der Waals surface area contributed by atoms with Crippen LogP contribution in [0.5, 0.6) is 5.75 Å². The van der Waals surface area contributed by atoms with Gasteiger partial charge < -0.3 is 15.4 Å². The van der Waals surface area contributed by atoms with E-state index in [1.807, 2.05) is 5.32 Å². The van der Waals surface area contributed by atoms with E-state index in [4.69, 9.17) is 0 Å². The highest BCUT2D eigenvalue weighted by Crippen LogP contribution is 2.31. The molecule has 1 saturated heterocycles. The zero-order chi connectivity index (χ0) is 23.5. The maximum atomic E-state index is 12.8. The molecule has 32 heavy (non-hydrogen) atoms. The Morgan fingerprint density at radius 1 is 1.06 bits per heavy atom. The van der Waals surface area contributed by atoms with Crippen molar-refractivity contribution in [2.24, 2.45) is 0 Å². The van der Waals surface area contributed by atoms with Gasteiger partial charge in [0.2, 0.25) is 5.91 Å². The topological polar surface area (TPSA) is 117 Å². The third kappa shape index (κ3) is 5.14. The first-order valence-corrected chi connectivity index (χ1v) is 9.14. The molecule has 1 atom stereocenters. The Labute approximate surface area is 179 Å². The maximum absolute atomic E-state index is 12.8. The largest absolute Gasteiger partial charge is 0.573 e. The minimum Gasteiger partial charge on any atom is -0.406 e. The minimum absolute atomic E-state index is 0.176. The fourth-order valence-corrected chi connectivity index (χ4v) is 3.02. The molecular weight excluding hydrogens is 433 g/mol. The van der Waals surface area contributed by atoms with Crippen molar-refractivity contribution < 1.29 is 37.1 Å². The predicted octanol–water partition coefficient (Wildman–Crippen LogP) is 2.70. The lowest BCUT2D eigenvalue weighted by molar-refractivity contribution is -0.274. The Hall–Kier alpha value is -4.09. The third-order valence-corrected chi connectivity index (χ3v) is 4.53. The number of anilines is 1. The maximum Gasteiger partial charge on any atom is 0.573 e. The van der Waals surface area contributed by atoms with Crippen LogP contribution in [0.25, 0.3) is 0 Å². The van der Waals surface area contributed by atoms with E-state index >= 15 is 0 Å². The summed E-state index contributed by atoms with van der Waals surface area (Å²) in [5.41, 5.74) is -1.02. The number of carbonyl (C=O) groups is 4. The van der Waals surface area contributed by atoms with Crippen LogP contribution in [0.2, 0.25) is 0 Å². The number of alkyl halides is 3. The first kappa shape index (κ1) is 22.6. The molecule has 3 rings (SSSR count). The molecule has 3 N–H and O–H groups in total. The van der Waals surface area contributed by atoms with Crippen molar-refractivity contribution in [2.45, 2.75) is 18.8 Å². The van der Waals surface area contributed by atoms with Gasteiger partial charge in [0, 0.05) is 5.69 Å². The van der Waals surface area contributed by atoms with Crippen molar-refractivity contribution in [1.29, 1.82) is 0 Å². The van der Waals surface area contributed by atoms with E-state index in [9.17, 15) is 32.3 Å². The fraction of sp³-hybridized carbons (Fsp3) is 0.200. The van der Waals surface area contributed by atoms with Gasteiger partial charge in [0.05, 0.1) is 0 Å². The van der Waals surface area contributed by atoms with Gasteiger partial charge in [-0.2, -0.15) is 0 Å². The number of halogens is 3. The smallest absolute Gasteiger partial charge is 0.406 e. The summed E-state index contributed by atoms with van der Waals surface area (Å²) >= 11 is 0. The molecule has 9 nitrogen and oxygen atoms in total. The summed E-state index contributed by atoms with van der Waals surface area (Å²) in [6.45, 7) is 0.602. The molecule has 0 saturated carbocycles. The van der Waals surface area contributed by atoms with E-state index in [1.165, 1.54) is 19.1 Å². The van der Waals surface area contributed by atoms with Gasteiger partial charge >= 0.3 is 18.4 Å². The van der Waals surface area contributed by atoms with Crippen LogP contribution in [0, 0.1) is 0 Å². The van der Waals surface area contributed by atoms with Crippen LogP contribution in [-0.2, 0) is 15.1 Å². The third-order valence-electron chi connectivity index (χ3n) is 4.53. The minimum atomic E-state index is -4.88. The van der Waals surface area contributed by atoms with E-state index in [-0.39, 0.29) is 5.56 Å². The van der Waals surface area contributed by atoms with Gasteiger partial charge in [0.1, 0.15) is 17.8 Å².